The van der Waals surface area contributed by atoms with Crippen molar-refractivity contribution in [3.8, 4) is 56.5 Å². The summed E-state index contributed by atoms with van der Waals surface area (Å²) in [5, 5.41) is 8.19. The molecule has 0 bridgehead atoms. The van der Waals surface area contributed by atoms with Crippen molar-refractivity contribution in [2.24, 2.45) is 0 Å². The predicted octanol–water partition coefficient (Wildman–Crippen LogP) is 15.0. The van der Waals surface area contributed by atoms with E-state index in [1.807, 2.05) is 6.07 Å². The highest BCUT2D eigenvalue weighted by Crippen LogP contribution is 2.42. The molecule has 9 aromatic carbocycles. The fourth-order valence-electron chi connectivity index (χ4n) is 9.89. The first-order valence-electron chi connectivity index (χ1n) is 21.7. The van der Waals surface area contributed by atoms with Crippen molar-refractivity contribution >= 4 is 65.3 Å². The lowest BCUT2D eigenvalue weighted by molar-refractivity contribution is 1.05. The van der Waals surface area contributed by atoms with Gasteiger partial charge in [-0.3, -0.25) is 4.57 Å². The summed E-state index contributed by atoms with van der Waals surface area (Å²) in [5.74, 6) is 1.51. The van der Waals surface area contributed by atoms with Crippen molar-refractivity contribution in [1.29, 1.82) is 0 Å². The summed E-state index contributed by atoms with van der Waals surface area (Å²) in [6, 6.07) is 79.5. The third-order valence-corrected chi connectivity index (χ3v) is 12.7. The summed E-state index contributed by atoms with van der Waals surface area (Å²) < 4.78 is 4.67. The number of aromatic nitrogens is 5. The molecule has 0 radical (unpaired) electrons. The zero-order valence-corrected chi connectivity index (χ0v) is 34.6. The Morgan fingerprint density at radius 1 is 0.328 bits per heavy atom. The molecule has 0 aliphatic carbocycles. The minimum Gasteiger partial charge on any atom is -0.307 e. The van der Waals surface area contributed by atoms with Crippen molar-refractivity contribution in [1.82, 2.24) is 24.1 Å². The van der Waals surface area contributed by atoms with Gasteiger partial charge in [-0.1, -0.05) is 176 Å². The molecule has 0 unspecified atom stereocenters. The van der Waals surface area contributed by atoms with E-state index in [1.165, 1.54) is 21.5 Å². The van der Waals surface area contributed by atoms with Crippen molar-refractivity contribution in [2.75, 3.05) is 0 Å². The molecule has 0 aliphatic heterocycles. The van der Waals surface area contributed by atoms with Gasteiger partial charge < -0.3 is 4.57 Å². The summed E-state index contributed by atoms with van der Waals surface area (Å²) in [7, 11) is 0. The molecule has 13 aromatic rings. The molecule has 0 N–H and O–H groups in total. The Bertz CT molecular complexity index is 3890. The Morgan fingerprint density at radius 2 is 0.844 bits per heavy atom. The Morgan fingerprint density at radius 3 is 1.52 bits per heavy atom. The van der Waals surface area contributed by atoms with Crippen LogP contribution in [0.15, 0.2) is 224 Å². The summed E-state index contributed by atoms with van der Waals surface area (Å²) >= 11 is 0. The Labute approximate surface area is 368 Å². The number of pyridine rings is 1. The van der Waals surface area contributed by atoms with Gasteiger partial charge in [0.25, 0.3) is 0 Å². The number of fused-ring (bicyclic) bond motifs is 9. The number of nitrogens with zero attached hydrogens (tertiary/aromatic N) is 5. The molecular weight excluding hydrogens is 779 g/mol. The van der Waals surface area contributed by atoms with Crippen LogP contribution in [0.5, 0.6) is 0 Å². The zero-order chi connectivity index (χ0) is 42.1. The molecule has 0 aliphatic rings. The van der Waals surface area contributed by atoms with E-state index < -0.39 is 0 Å². The topological polar surface area (TPSA) is 48.5 Å². The van der Waals surface area contributed by atoms with Gasteiger partial charge in [-0.2, -0.15) is 0 Å². The van der Waals surface area contributed by atoms with Crippen LogP contribution in [-0.2, 0) is 0 Å². The van der Waals surface area contributed by atoms with E-state index in [4.69, 9.17) is 15.0 Å². The van der Waals surface area contributed by atoms with Gasteiger partial charge in [-0.15, -0.1) is 0 Å². The van der Waals surface area contributed by atoms with Crippen LogP contribution in [0, 0.1) is 0 Å². The Balaban J connectivity index is 0.978. The van der Waals surface area contributed by atoms with E-state index >= 15 is 0 Å². The molecule has 0 saturated heterocycles. The second-order valence-corrected chi connectivity index (χ2v) is 16.3. The summed E-state index contributed by atoms with van der Waals surface area (Å²) in [6.45, 7) is 0. The number of hydrogen-bond acceptors (Lipinski definition) is 3. The van der Waals surface area contributed by atoms with Gasteiger partial charge in [0.15, 0.2) is 5.82 Å². The molecule has 0 amide bonds. The van der Waals surface area contributed by atoms with Crippen LogP contribution >= 0.6 is 0 Å². The molecule has 64 heavy (non-hydrogen) atoms. The van der Waals surface area contributed by atoms with E-state index in [1.54, 1.807) is 0 Å². The van der Waals surface area contributed by atoms with Crippen LogP contribution in [0.4, 0.5) is 0 Å². The first-order chi connectivity index (χ1) is 31.8. The fourth-order valence-corrected chi connectivity index (χ4v) is 9.89. The molecule has 4 heterocycles. The molecule has 5 nitrogen and oxygen atoms in total. The molecule has 298 valence electrons. The highest BCUT2D eigenvalue weighted by Gasteiger charge is 2.22. The summed E-state index contributed by atoms with van der Waals surface area (Å²) in [5.41, 5.74) is 13.8. The molecule has 0 saturated carbocycles. The van der Waals surface area contributed by atoms with Gasteiger partial charge in [-0.05, 0) is 64.4 Å². The maximum Gasteiger partial charge on any atom is 0.162 e. The molecule has 5 heteroatoms. The normalized spacial score (nSPS) is 11.8. The Hall–Kier alpha value is -8.67. The zero-order valence-electron chi connectivity index (χ0n) is 34.6. The summed E-state index contributed by atoms with van der Waals surface area (Å²) in [6.07, 6.45) is 0. The lowest BCUT2D eigenvalue weighted by Crippen LogP contribution is -2.03. The smallest absolute Gasteiger partial charge is 0.162 e. The molecule has 0 fully saturated rings. The molecule has 0 atom stereocenters. The fraction of sp³-hybridized carbons (Fsp3) is 0. The van der Waals surface area contributed by atoms with E-state index in [0.717, 1.165) is 94.5 Å². The van der Waals surface area contributed by atoms with Gasteiger partial charge in [0.05, 0.1) is 39.0 Å². The van der Waals surface area contributed by atoms with Gasteiger partial charge in [0, 0.05) is 55.4 Å². The molecular formula is C59H37N5. The first kappa shape index (κ1) is 36.0. The predicted molar refractivity (Wildman–Crippen MR) is 265 cm³/mol. The lowest BCUT2D eigenvalue weighted by atomic mass is 9.94. The van der Waals surface area contributed by atoms with Crippen LogP contribution in [0.2, 0.25) is 0 Å². The largest absolute Gasteiger partial charge is 0.307 e. The van der Waals surface area contributed by atoms with E-state index in [9.17, 15) is 0 Å². The minimum atomic E-state index is 0.679. The van der Waals surface area contributed by atoms with Gasteiger partial charge in [0.1, 0.15) is 5.82 Å². The van der Waals surface area contributed by atoms with Gasteiger partial charge in [0.2, 0.25) is 0 Å². The van der Waals surface area contributed by atoms with Crippen LogP contribution in [0.1, 0.15) is 0 Å². The van der Waals surface area contributed by atoms with E-state index in [0.29, 0.717) is 5.82 Å². The number of benzene rings is 9. The summed E-state index contributed by atoms with van der Waals surface area (Å²) in [4.78, 5) is 16.0. The maximum absolute atomic E-state index is 5.41. The molecule has 13 rings (SSSR count). The van der Waals surface area contributed by atoms with Crippen molar-refractivity contribution in [2.45, 2.75) is 0 Å². The lowest BCUT2D eigenvalue weighted by Gasteiger charge is -2.15. The van der Waals surface area contributed by atoms with Crippen molar-refractivity contribution in [3.05, 3.63) is 224 Å². The number of para-hydroxylation sites is 4. The quantitative estimate of drug-likeness (QED) is 0.168. The third-order valence-electron chi connectivity index (χ3n) is 12.7. The van der Waals surface area contributed by atoms with Gasteiger partial charge in [-0.25, -0.2) is 15.0 Å². The molecule has 4 aromatic heterocycles. The van der Waals surface area contributed by atoms with Crippen LogP contribution in [0.3, 0.4) is 0 Å². The van der Waals surface area contributed by atoms with Crippen molar-refractivity contribution in [3.63, 3.8) is 0 Å². The second-order valence-electron chi connectivity index (χ2n) is 16.3. The maximum atomic E-state index is 5.41. The second kappa shape index (κ2) is 14.5. The molecule has 0 spiro atoms. The van der Waals surface area contributed by atoms with Crippen molar-refractivity contribution < 1.29 is 0 Å². The van der Waals surface area contributed by atoms with Gasteiger partial charge >= 0.3 is 0 Å². The average molecular weight is 816 g/mol. The number of hydrogen-bond donors (Lipinski definition) is 0. The first-order valence-corrected chi connectivity index (χ1v) is 21.7. The monoisotopic (exact) mass is 815 g/mol. The number of rotatable bonds is 6. The van der Waals surface area contributed by atoms with Crippen LogP contribution in [-0.4, -0.2) is 24.1 Å². The SMILES string of the molecule is c1ccc(-c2cc(-n3c4ccccc4c4ccccc43)nc(-c3ccc(-c4ccc(-n5c6ccccc6c6c7ccccc7nc(-c7ccccc7)c65)cc4)c4ccccc34)n2)cc1. The van der Waals surface area contributed by atoms with Crippen LogP contribution < -0.4 is 0 Å². The Kier molecular flexibility index (Phi) is 8.15. The minimum absolute atomic E-state index is 0.679. The van der Waals surface area contributed by atoms with E-state index in [-0.39, 0.29) is 0 Å². The van der Waals surface area contributed by atoms with Crippen LogP contribution in [0.25, 0.3) is 122 Å². The highest BCUT2D eigenvalue weighted by atomic mass is 15.1. The average Bonchev–Trinajstić information content (AvgIpc) is 3.90. The third kappa shape index (κ3) is 5.61. The standard InChI is InChI=1S/C59H37N5/c1-3-17-39(18-4-1)51-37-55(64-52-28-14-10-23-45(52)46-24-11-15-29-53(46)64)62-59(61-51)47-36-35-42(43-21-7-8-22-44(43)47)38-31-33-41(34-32-38)63-54-30-16-12-26-49(54)56-48-25-9-13-27-50(48)60-57(58(56)63)40-19-5-2-6-20-40/h1-37H. The highest BCUT2D eigenvalue weighted by molar-refractivity contribution is 6.23. The van der Waals surface area contributed by atoms with E-state index in [2.05, 4.69) is 228 Å².